The summed E-state index contributed by atoms with van der Waals surface area (Å²) in [4.78, 5) is 33.8. The van der Waals surface area contributed by atoms with E-state index in [1.54, 1.807) is 21.9 Å². The van der Waals surface area contributed by atoms with E-state index in [0.717, 1.165) is 12.1 Å². The lowest BCUT2D eigenvalue weighted by Crippen LogP contribution is -2.36. The molecule has 3 aromatic rings. The molecule has 0 radical (unpaired) electrons. The monoisotopic (exact) mass is 385 g/mol. The first-order valence-corrected chi connectivity index (χ1v) is 9.86. The number of fused-ring (bicyclic) bond motifs is 1. The molecule has 4 rings (SSSR count). The van der Waals surface area contributed by atoms with Crippen molar-refractivity contribution in [3.05, 3.63) is 95.3 Å². The van der Waals surface area contributed by atoms with E-state index in [2.05, 4.69) is 17.1 Å². The van der Waals surface area contributed by atoms with Crippen molar-refractivity contribution < 1.29 is 9.59 Å². The average Bonchev–Trinajstić information content (AvgIpc) is 2.79. The Bertz CT molecular complexity index is 1030. The maximum absolute atomic E-state index is 13.1. The van der Waals surface area contributed by atoms with Crippen LogP contribution in [0.1, 0.15) is 38.9 Å². The number of anilines is 1. The minimum atomic E-state index is -0.142. The third kappa shape index (κ3) is 3.90. The summed E-state index contributed by atoms with van der Waals surface area (Å²) >= 11 is 0. The molecular weight excluding hydrogens is 362 g/mol. The Morgan fingerprint density at radius 3 is 2.48 bits per heavy atom. The largest absolute Gasteiger partial charge is 0.333 e. The Balaban J connectivity index is 1.56. The first-order chi connectivity index (χ1) is 14.2. The quantitative estimate of drug-likeness (QED) is 0.683. The number of pyridine rings is 1. The van der Waals surface area contributed by atoms with Crippen LogP contribution in [0.15, 0.2) is 72.9 Å². The first kappa shape index (κ1) is 18.9. The van der Waals surface area contributed by atoms with Crippen molar-refractivity contribution in [1.29, 1.82) is 0 Å². The molecule has 5 nitrogen and oxygen atoms in total. The maximum atomic E-state index is 13.1. The lowest BCUT2D eigenvalue weighted by atomic mass is 9.99. The second kappa shape index (κ2) is 8.27. The van der Waals surface area contributed by atoms with Crippen molar-refractivity contribution in [2.45, 2.75) is 19.9 Å². The maximum Gasteiger partial charge on any atom is 0.272 e. The van der Waals surface area contributed by atoms with Gasteiger partial charge in [0.05, 0.1) is 0 Å². The lowest BCUT2D eigenvalue weighted by Gasteiger charge is -2.28. The number of rotatable bonds is 4. The molecule has 0 aliphatic carbocycles. The minimum Gasteiger partial charge on any atom is -0.333 e. The topological polar surface area (TPSA) is 53.5 Å². The molecule has 2 amide bonds. The summed E-state index contributed by atoms with van der Waals surface area (Å²) in [7, 11) is 0. The fourth-order valence-electron chi connectivity index (χ4n) is 3.72. The highest BCUT2D eigenvalue weighted by Gasteiger charge is 2.24. The van der Waals surface area contributed by atoms with Gasteiger partial charge in [-0.15, -0.1) is 0 Å². The molecule has 0 atom stereocenters. The van der Waals surface area contributed by atoms with Crippen LogP contribution in [-0.4, -0.2) is 34.8 Å². The third-order valence-corrected chi connectivity index (χ3v) is 5.27. The van der Waals surface area contributed by atoms with Crippen LogP contribution in [0.2, 0.25) is 0 Å². The van der Waals surface area contributed by atoms with Gasteiger partial charge in [-0.1, -0.05) is 42.5 Å². The van der Waals surface area contributed by atoms with Crippen LogP contribution in [0.5, 0.6) is 0 Å². The Kier molecular flexibility index (Phi) is 5.38. The Labute approximate surface area is 170 Å². The number of para-hydroxylation sites is 1. The van der Waals surface area contributed by atoms with Crippen molar-refractivity contribution in [3.8, 4) is 0 Å². The molecular formula is C24H23N3O2. The molecule has 5 heteroatoms. The summed E-state index contributed by atoms with van der Waals surface area (Å²) in [6.45, 7) is 3.70. The third-order valence-electron chi connectivity index (χ3n) is 5.27. The van der Waals surface area contributed by atoms with E-state index in [-0.39, 0.29) is 11.8 Å². The van der Waals surface area contributed by atoms with Crippen LogP contribution >= 0.6 is 0 Å². The predicted octanol–water partition coefficient (Wildman–Crippen LogP) is 3.95. The fourth-order valence-corrected chi connectivity index (χ4v) is 3.72. The Morgan fingerprint density at radius 2 is 1.72 bits per heavy atom. The number of amides is 2. The molecule has 1 aliphatic heterocycles. The van der Waals surface area contributed by atoms with E-state index < -0.39 is 0 Å². The summed E-state index contributed by atoms with van der Waals surface area (Å²) in [6, 6.07) is 21.0. The SMILES string of the molecule is CCN(C(=O)c1ccnc(C(=O)N2CCc3ccccc3C2)c1)c1ccccc1. The van der Waals surface area contributed by atoms with Gasteiger partial charge in [-0.2, -0.15) is 0 Å². The normalized spacial score (nSPS) is 12.9. The molecule has 2 aromatic carbocycles. The Hall–Kier alpha value is -3.47. The highest BCUT2D eigenvalue weighted by Crippen LogP contribution is 2.21. The van der Waals surface area contributed by atoms with Crippen LogP contribution in [0.25, 0.3) is 0 Å². The first-order valence-electron chi connectivity index (χ1n) is 9.86. The molecule has 1 aliphatic rings. The van der Waals surface area contributed by atoms with Gasteiger partial charge in [0.25, 0.3) is 11.8 Å². The van der Waals surface area contributed by atoms with E-state index >= 15 is 0 Å². The Morgan fingerprint density at radius 1 is 1.00 bits per heavy atom. The number of carbonyl (C=O) groups excluding carboxylic acids is 2. The second-order valence-electron chi connectivity index (χ2n) is 7.06. The van der Waals surface area contributed by atoms with Gasteiger partial charge < -0.3 is 9.80 Å². The fraction of sp³-hybridized carbons (Fsp3) is 0.208. The van der Waals surface area contributed by atoms with E-state index in [1.807, 2.05) is 49.4 Å². The highest BCUT2D eigenvalue weighted by molar-refractivity contribution is 6.07. The van der Waals surface area contributed by atoms with E-state index in [4.69, 9.17) is 0 Å². The molecule has 146 valence electrons. The summed E-state index contributed by atoms with van der Waals surface area (Å²) < 4.78 is 0. The molecule has 29 heavy (non-hydrogen) atoms. The molecule has 0 bridgehead atoms. The van der Waals surface area contributed by atoms with Crippen LogP contribution < -0.4 is 4.90 Å². The van der Waals surface area contributed by atoms with E-state index in [1.165, 1.54) is 17.3 Å². The zero-order chi connectivity index (χ0) is 20.2. The summed E-state index contributed by atoms with van der Waals surface area (Å²) in [5.74, 6) is -0.281. The average molecular weight is 385 g/mol. The lowest BCUT2D eigenvalue weighted by molar-refractivity contribution is 0.0728. The van der Waals surface area contributed by atoms with Crippen LogP contribution in [0.3, 0.4) is 0 Å². The van der Waals surface area contributed by atoms with Crippen LogP contribution in [0.4, 0.5) is 5.69 Å². The molecule has 0 saturated carbocycles. The summed E-state index contributed by atoms with van der Waals surface area (Å²) in [5, 5.41) is 0. The predicted molar refractivity (Wildman–Crippen MR) is 113 cm³/mol. The second-order valence-corrected chi connectivity index (χ2v) is 7.06. The smallest absolute Gasteiger partial charge is 0.272 e. The van der Waals surface area contributed by atoms with Crippen molar-refractivity contribution in [2.24, 2.45) is 0 Å². The van der Waals surface area contributed by atoms with Gasteiger partial charge in [-0.25, -0.2) is 0 Å². The molecule has 0 N–H and O–H groups in total. The summed E-state index contributed by atoms with van der Waals surface area (Å²) in [6.07, 6.45) is 2.37. The number of aromatic nitrogens is 1. The number of hydrogen-bond acceptors (Lipinski definition) is 3. The van der Waals surface area contributed by atoms with Crippen molar-refractivity contribution in [3.63, 3.8) is 0 Å². The molecule has 1 aromatic heterocycles. The zero-order valence-electron chi connectivity index (χ0n) is 16.4. The van der Waals surface area contributed by atoms with Crippen LogP contribution in [0, 0.1) is 0 Å². The van der Waals surface area contributed by atoms with Gasteiger partial charge in [0.15, 0.2) is 0 Å². The number of carbonyl (C=O) groups is 2. The van der Waals surface area contributed by atoms with Gasteiger partial charge in [0, 0.05) is 37.1 Å². The molecule has 0 spiro atoms. The zero-order valence-corrected chi connectivity index (χ0v) is 16.4. The van der Waals surface area contributed by atoms with Gasteiger partial charge >= 0.3 is 0 Å². The van der Waals surface area contributed by atoms with Gasteiger partial charge in [-0.05, 0) is 48.7 Å². The van der Waals surface area contributed by atoms with Gasteiger partial charge in [-0.3, -0.25) is 14.6 Å². The van der Waals surface area contributed by atoms with Gasteiger partial charge in [0.2, 0.25) is 0 Å². The highest BCUT2D eigenvalue weighted by atomic mass is 16.2. The minimum absolute atomic E-state index is 0.140. The molecule has 0 fully saturated rings. The number of benzene rings is 2. The van der Waals surface area contributed by atoms with Crippen molar-refractivity contribution >= 4 is 17.5 Å². The van der Waals surface area contributed by atoms with E-state index in [0.29, 0.717) is 30.9 Å². The molecule has 0 unspecified atom stereocenters. The van der Waals surface area contributed by atoms with Gasteiger partial charge in [0.1, 0.15) is 5.69 Å². The van der Waals surface area contributed by atoms with E-state index in [9.17, 15) is 9.59 Å². The standard InChI is InChI=1S/C24H23N3O2/c1-2-27(21-10-4-3-5-11-21)23(28)19-12-14-25-22(16-19)24(29)26-15-13-18-8-6-7-9-20(18)17-26/h3-12,14,16H,2,13,15,17H2,1H3. The van der Waals surface area contributed by atoms with Crippen molar-refractivity contribution in [1.82, 2.24) is 9.88 Å². The molecule has 0 saturated heterocycles. The summed E-state index contributed by atoms with van der Waals surface area (Å²) in [5.41, 5.74) is 4.05. The number of hydrogen-bond donors (Lipinski definition) is 0. The van der Waals surface area contributed by atoms with Crippen molar-refractivity contribution in [2.75, 3.05) is 18.0 Å². The number of nitrogens with zero attached hydrogens (tertiary/aromatic N) is 3. The molecule has 2 heterocycles. The van der Waals surface area contributed by atoms with Crippen LogP contribution in [-0.2, 0) is 13.0 Å².